The molecule has 19 heavy (non-hydrogen) atoms. The number of halogens is 5. The number of alkyl halides is 3. The third-order valence-corrected chi connectivity index (χ3v) is 2.76. The minimum absolute atomic E-state index is 0.000640. The zero-order valence-corrected chi connectivity index (χ0v) is 11.0. The Balaban J connectivity index is 2.84. The lowest BCUT2D eigenvalue weighted by Crippen LogP contribution is -2.16. The molecule has 2 N–H and O–H groups in total. The third kappa shape index (κ3) is 4.87. The molecule has 0 aliphatic rings. The van der Waals surface area contributed by atoms with Gasteiger partial charge in [-0.25, -0.2) is 4.39 Å². The second kappa shape index (κ2) is 6.43. The molecule has 0 saturated heterocycles. The maximum absolute atomic E-state index is 13.6. The molecular formula is C12H14ClF4NO. The largest absolute Gasteiger partial charge is 0.489 e. The predicted octanol–water partition coefficient (Wildman–Crippen LogP) is 4.22. The van der Waals surface area contributed by atoms with E-state index in [9.17, 15) is 17.6 Å². The summed E-state index contributed by atoms with van der Waals surface area (Å²) in [4.78, 5) is 0. The molecule has 0 bridgehead atoms. The van der Waals surface area contributed by atoms with Gasteiger partial charge in [0, 0.05) is 12.5 Å². The van der Waals surface area contributed by atoms with Crippen molar-refractivity contribution in [1.82, 2.24) is 0 Å². The number of rotatable bonds is 5. The van der Waals surface area contributed by atoms with Crippen molar-refractivity contribution in [3.8, 4) is 5.75 Å². The molecule has 0 aromatic heterocycles. The van der Waals surface area contributed by atoms with Crippen LogP contribution in [-0.4, -0.2) is 12.8 Å². The van der Waals surface area contributed by atoms with Crippen LogP contribution in [0.5, 0.6) is 5.75 Å². The van der Waals surface area contributed by atoms with E-state index in [0.29, 0.717) is 0 Å². The summed E-state index contributed by atoms with van der Waals surface area (Å²) in [7, 11) is 0. The number of hydrogen-bond acceptors (Lipinski definition) is 2. The second-order valence-electron chi connectivity index (χ2n) is 4.01. The average Bonchev–Trinajstić information content (AvgIpc) is 2.29. The molecule has 1 aromatic rings. The summed E-state index contributed by atoms with van der Waals surface area (Å²) in [5.41, 5.74) is 5.82. The van der Waals surface area contributed by atoms with Crippen molar-refractivity contribution in [2.24, 2.45) is 5.73 Å². The number of ether oxygens (including phenoxy) is 1. The zero-order chi connectivity index (χ0) is 14.6. The summed E-state index contributed by atoms with van der Waals surface area (Å²) in [6, 6.07) is 1.46. The van der Waals surface area contributed by atoms with Gasteiger partial charge in [0.05, 0.1) is 11.6 Å². The fourth-order valence-electron chi connectivity index (χ4n) is 1.56. The van der Waals surface area contributed by atoms with Crippen LogP contribution in [0.2, 0.25) is 5.02 Å². The molecule has 0 aliphatic carbocycles. The summed E-state index contributed by atoms with van der Waals surface area (Å²) < 4.78 is 54.9. The van der Waals surface area contributed by atoms with E-state index in [1.807, 2.05) is 0 Å². The summed E-state index contributed by atoms with van der Waals surface area (Å²) in [6.45, 7) is 1.90. The minimum atomic E-state index is -4.29. The quantitative estimate of drug-likeness (QED) is 0.826. The molecular weight excluding hydrogens is 286 g/mol. The molecule has 108 valence electrons. The first kappa shape index (κ1) is 16.0. The normalized spacial score (nSPS) is 13.4. The number of nitrogens with two attached hydrogens (primary N) is 1. The topological polar surface area (TPSA) is 35.2 Å². The molecule has 7 heteroatoms. The molecule has 0 aliphatic heterocycles. The Kier molecular flexibility index (Phi) is 5.43. The molecule has 0 heterocycles. The average molecular weight is 300 g/mol. The van der Waals surface area contributed by atoms with Crippen molar-refractivity contribution in [3.05, 3.63) is 28.5 Å². The Morgan fingerprint density at radius 1 is 1.37 bits per heavy atom. The first-order valence-corrected chi connectivity index (χ1v) is 6.06. The summed E-state index contributed by atoms with van der Waals surface area (Å²) >= 11 is 5.80. The van der Waals surface area contributed by atoms with Crippen molar-refractivity contribution in [3.63, 3.8) is 0 Å². The molecule has 1 atom stereocenters. The lowest BCUT2D eigenvalue weighted by atomic mass is 10.0. The van der Waals surface area contributed by atoms with E-state index in [0.717, 1.165) is 6.07 Å². The Morgan fingerprint density at radius 2 is 2.00 bits per heavy atom. The molecule has 0 amide bonds. The first-order valence-electron chi connectivity index (χ1n) is 5.68. The molecule has 1 aromatic carbocycles. The van der Waals surface area contributed by atoms with Crippen LogP contribution < -0.4 is 10.5 Å². The molecule has 1 rings (SSSR count). The Hall–Kier alpha value is -1.01. The summed E-state index contributed by atoms with van der Waals surface area (Å²) in [6.07, 6.45) is -5.64. The highest BCUT2D eigenvalue weighted by Crippen LogP contribution is 2.33. The van der Waals surface area contributed by atoms with Crippen LogP contribution in [0.3, 0.4) is 0 Å². The Bertz CT molecular complexity index is 413. The molecule has 0 radical (unpaired) electrons. The van der Waals surface area contributed by atoms with Gasteiger partial charge in [-0.3, -0.25) is 0 Å². The van der Waals surface area contributed by atoms with Gasteiger partial charge < -0.3 is 10.5 Å². The van der Waals surface area contributed by atoms with Crippen LogP contribution in [-0.2, 0) is 0 Å². The lowest BCUT2D eigenvalue weighted by Gasteiger charge is -2.15. The Morgan fingerprint density at radius 3 is 2.47 bits per heavy atom. The maximum atomic E-state index is 13.6. The smallest absolute Gasteiger partial charge is 0.389 e. The molecule has 0 spiro atoms. The van der Waals surface area contributed by atoms with E-state index < -0.39 is 24.5 Å². The van der Waals surface area contributed by atoms with Crippen LogP contribution in [0.15, 0.2) is 12.1 Å². The van der Waals surface area contributed by atoms with Crippen molar-refractivity contribution < 1.29 is 22.3 Å². The van der Waals surface area contributed by atoms with Gasteiger partial charge in [0.15, 0.2) is 11.6 Å². The zero-order valence-electron chi connectivity index (χ0n) is 10.2. The SMILES string of the molecule is CCOc1c(F)cc([C@@H](N)CCC(F)(F)F)cc1Cl. The van der Waals surface area contributed by atoms with Crippen LogP contribution in [0.25, 0.3) is 0 Å². The van der Waals surface area contributed by atoms with E-state index in [1.165, 1.54) is 6.07 Å². The van der Waals surface area contributed by atoms with Crippen LogP contribution in [0.1, 0.15) is 31.4 Å². The number of hydrogen-bond donors (Lipinski definition) is 1. The Labute approximate surface area is 113 Å². The summed E-state index contributed by atoms with van der Waals surface area (Å²) in [5, 5.41) is -0.000640. The number of benzene rings is 1. The molecule has 0 unspecified atom stereocenters. The standard InChI is InChI=1S/C12H14ClF4NO/c1-2-19-11-8(13)5-7(6-9(11)14)10(18)3-4-12(15,16)17/h5-6,10H,2-4,18H2,1H3/t10-/m0/s1. The van der Waals surface area contributed by atoms with Crippen molar-refractivity contribution in [2.75, 3.05) is 6.61 Å². The van der Waals surface area contributed by atoms with Gasteiger partial charge in [-0.05, 0) is 31.0 Å². The van der Waals surface area contributed by atoms with Gasteiger partial charge in [-0.2, -0.15) is 13.2 Å². The third-order valence-electron chi connectivity index (χ3n) is 2.48. The van der Waals surface area contributed by atoms with Crippen LogP contribution in [0.4, 0.5) is 17.6 Å². The highest BCUT2D eigenvalue weighted by atomic mass is 35.5. The lowest BCUT2D eigenvalue weighted by molar-refractivity contribution is -0.136. The van der Waals surface area contributed by atoms with Gasteiger partial charge in [-0.1, -0.05) is 11.6 Å². The first-order chi connectivity index (χ1) is 8.74. The van der Waals surface area contributed by atoms with Crippen molar-refractivity contribution in [1.29, 1.82) is 0 Å². The summed E-state index contributed by atoms with van der Waals surface area (Å²) in [5.74, 6) is -0.845. The monoisotopic (exact) mass is 299 g/mol. The minimum Gasteiger partial charge on any atom is -0.489 e. The fraction of sp³-hybridized carbons (Fsp3) is 0.500. The molecule has 0 saturated carbocycles. The maximum Gasteiger partial charge on any atom is 0.389 e. The van der Waals surface area contributed by atoms with E-state index in [2.05, 4.69) is 0 Å². The van der Waals surface area contributed by atoms with Gasteiger partial charge in [0.2, 0.25) is 0 Å². The molecule has 2 nitrogen and oxygen atoms in total. The molecule has 0 fully saturated rings. The van der Waals surface area contributed by atoms with E-state index >= 15 is 0 Å². The fourth-order valence-corrected chi connectivity index (χ4v) is 1.83. The van der Waals surface area contributed by atoms with Crippen molar-refractivity contribution in [2.45, 2.75) is 32.0 Å². The van der Waals surface area contributed by atoms with E-state index in [1.54, 1.807) is 6.92 Å². The van der Waals surface area contributed by atoms with Gasteiger partial charge >= 0.3 is 6.18 Å². The van der Waals surface area contributed by atoms with Gasteiger partial charge in [-0.15, -0.1) is 0 Å². The van der Waals surface area contributed by atoms with E-state index in [4.69, 9.17) is 22.1 Å². The predicted molar refractivity (Wildman–Crippen MR) is 64.8 cm³/mol. The van der Waals surface area contributed by atoms with Crippen LogP contribution >= 0.6 is 11.6 Å². The highest BCUT2D eigenvalue weighted by molar-refractivity contribution is 6.32. The van der Waals surface area contributed by atoms with Crippen molar-refractivity contribution >= 4 is 11.6 Å². The second-order valence-corrected chi connectivity index (χ2v) is 4.41. The van der Waals surface area contributed by atoms with E-state index in [-0.39, 0.29) is 29.4 Å². The van der Waals surface area contributed by atoms with Gasteiger partial charge in [0.1, 0.15) is 0 Å². The van der Waals surface area contributed by atoms with Gasteiger partial charge in [0.25, 0.3) is 0 Å². The highest BCUT2D eigenvalue weighted by Gasteiger charge is 2.28. The van der Waals surface area contributed by atoms with Crippen LogP contribution in [0, 0.1) is 5.82 Å².